The highest BCUT2D eigenvalue weighted by atomic mass is 19.3. The number of anilines is 1. The van der Waals surface area contributed by atoms with E-state index in [2.05, 4.69) is 14.8 Å². The number of carbonyl (C=O) groups is 2. The molecule has 0 aliphatic rings. The molecule has 0 radical (unpaired) electrons. The summed E-state index contributed by atoms with van der Waals surface area (Å²) in [4.78, 5) is 22.9. The minimum absolute atomic E-state index is 0.133. The number of esters is 2. The van der Waals surface area contributed by atoms with Gasteiger partial charge in [-0.25, -0.2) is 22.8 Å². The summed E-state index contributed by atoms with van der Waals surface area (Å²) < 4.78 is 51.5. The highest BCUT2D eigenvalue weighted by Gasteiger charge is 2.16. The van der Waals surface area contributed by atoms with Gasteiger partial charge in [0.2, 0.25) is 0 Å². The fourth-order valence-electron chi connectivity index (χ4n) is 1.46. The van der Waals surface area contributed by atoms with Crippen molar-refractivity contribution in [1.29, 1.82) is 0 Å². The number of rotatable bonds is 7. The maximum atomic E-state index is 13.3. The van der Waals surface area contributed by atoms with E-state index >= 15 is 0 Å². The van der Waals surface area contributed by atoms with E-state index < -0.39 is 30.8 Å². The lowest BCUT2D eigenvalue weighted by Crippen LogP contribution is -2.16. The number of methoxy groups -OCH3 is 2. The smallest absolute Gasteiger partial charge is 0.354 e. The van der Waals surface area contributed by atoms with E-state index in [1.807, 2.05) is 0 Å². The standard InChI is InChI=1S/C14H14F3NO5/c1-21-13(19)6-10(14(20)22-2)18-9-5-8(15)3-4-11(9)23-7-12(16)17/h3-6,12,18H,7H2,1-2H3/b10-6+. The molecule has 0 saturated carbocycles. The van der Waals surface area contributed by atoms with Gasteiger partial charge in [0.15, 0.2) is 0 Å². The first-order valence-corrected chi connectivity index (χ1v) is 6.22. The summed E-state index contributed by atoms with van der Waals surface area (Å²) in [7, 11) is 2.15. The molecule has 23 heavy (non-hydrogen) atoms. The summed E-state index contributed by atoms with van der Waals surface area (Å²) in [5, 5.41) is 2.40. The summed E-state index contributed by atoms with van der Waals surface area (Å²) >= 11 is 0. The topological polar surface area (TPSA) is 73.9 Å². The maximum Gasteiger partial charge on any atom is 0.354 e. The molecule has 0 unspecified atom stereocenters. The zero-order chi connectivity index (χ0) is 17.4. The van der Waals surface area contributed by atoms with E-state index in [1.54, 1.807) is 0 Å². The molecule has 0 atom stereocenters. The first-order valence-electron chi connectivity index (χ1n) is 6.22. The molecular formula is C14H14F3NO5. The van der Waals surface area contributed by atoms with Crippen molar-refractivity contribution < 1.29 is 37.0 Å². The van der Waals surface area contributed by atoms with Gasteiger partial charge < -0.3 is 19.5 Å². The lowest BCUT2D eigenvalue weighted by molar-refractivity contribution is -0.138. The van der Waals surface area contributed by atoms with Crippen molar-refractivity contribution in [2.24, 2.45) is 0 Å². The van der Waals surface area contributed by atoms with Crippen LogP contribution in [-0.4, -0.2) is 39.2 Å². The van der Waals surface area contributed by atoms with Gasteiger partial charge in [0.1, 0.15) is 23.9 Å². The molecular weight excluding hydrogens is 319 g/mol. The molecule has 9 heteroatoms. The minimum Gasteiger partial charge on any atom is -0.485 e. The molecule has 0 saturated heterocycles. The molecule has 1 N–H and O–H groups in total. The van der Waals surface area contributed by atoms with Crippen LogP contribution in [0.2, 0.25) is 0 Å². The zero-order valence-corrected chi connectivity index (χ0v) is 12.3. The molecule has 0 aromatic heterocycles. The van der Waals surface area contributed by atoms with Crippen LogP contribution < -0.4 is 10.1 Å². The third-order valence-electron chi connectivity index (χ3n) is 2.44. The van der Waals surface area contributed by atoms with Gasteiger partial charge in [0.25, 0.3) is 6.43 Å². The van der Waals surface area contributed by atoms with E-state index in [0.717, 1.165) is 38.5 Å². The molecule has 0 spiro atoms. The largest absolute Gasteiger partial charge is 0.485 e. The van der Waals surface area contributed by atoms with Gasteiger partial charge in [0.05, 0.1) is 26.0 Å². The number of benzene rings is 1. The van der Waals surface area contributed by atoms with Gasteiger partial charge in [-0.15, -0.1) is 0 Å². The Morgan fingerprint density at radius 3 is 2.52 bits per heavy atom. The number of carbonyl (C=O) groups excluding carboxylic acids is 2. The van der Waals surface area contributed by atoms with E-state index in [1.165, 1.54) is 0 Å². The summed E-state index contributed by atoms with van der Waals surface area (Å²) in [5.74, 6) is -2.66. The van der Waals surface area contributed by atoms with Gasteiger partial charge in [-0.3, -0.25) is 0 Å². The van der Waals surface area contributed by atoms with Crippen molar-refractivity contribution >= 4 is 17.6 Å². The van der Waals surface area contributed by atoms with Gasteiger partial charge in [0, 0.05) is 6.07 Å². The average molecular weight is 333 g/mol. The maximum absolute atomic E-state index is 13.3. The van der Waals surface area contributed by atoms with Crippen molar-refractivity contribution in [1.82, 2.24) is 0 Å². The molecule has 0 heterocycles. The third-order valence-corrected chi connectivity index (χ3v) is 2.44. The predicted octanol–water partition coefficient (Wildman–Crippen LogP) is 2.11. The second-order valence-electron chi connectivity index (χ2n) is 4.04. The average Bonchev–Trinajstić information content (AvgIpc) is 2.52. The quantitative estimate of drug-likeness (QED) is 0.609. The number of nitrogens with one attached hydrogen (secondary N) is 1. The van der Waals surface area contributed by atoms with Crippen LogP contribution in [0.15, 0.2) is 30.0 Å². The SMILES string of the molecule is COC(=O)/C=C(/Nc1cc(F)ccc1OCC(F)F)C(=O)OC. The first-order chi connectivity index (χ1) is 10.9. The number of alkyl halides is 2. The monoisotopic (exact) mass is 333 g/mol. The van der Waals surface area contributed by atoms with E-state index in [9.17, 15) is 22.8 Å². The van der Waals surface area contributed by atoms with Gasteiger partial charge in [-0.1, -0.05) is 0 Å². The molecule has 0 aliphatic carbocycles. The number of ether oxygens (including phenoxy) is 3. The van der Waals surface area contributed by atoms with E-state index in [0.29, 0.717) is 0 Å². The Balaban J connectivity index is 3.11. The lowest BCUT2D eigenvalue weighted by atomic mass is 10.2. The Bertz CT molecular complexity index is 604. The Kier molecular flexibility index (Phi) is 6.91. The normalized spacial score (nSPS) is 11.1. The third kappa shape index (κ3) is 5.89. The molecule has 0 amide bonds. The highest BCUT2D eigenvalue weighted by molar-refractivity contribution is 5.99. The summed E-state index contributed by atoms with van der Waals surface area (Å²) in [6.45, 7) is -0.922. The highest BCUT2D eigenvalue weighted by Crippen LogP contribution is 2.27. The Hall–Kier alpha value is -2.71. The van der Waals surface area contributed by atoms with E-state index in [-0.39, 0.29) is 17.1 Å². The van der Waals surface area contributed by atoms with Crippen molar-refractivity contribution in [2.45, 2.75) is 6.43 Å². The summed E-state index contributed by atoms with van der Waals surface area (Å²) in [6, 6.07) is 3.01. The van der Waals surface area contributed by atoms with Crippen LogP contribution in [0.1, 0.15) is 0 Å². The molecule has 0 aliphatic heterocycles. The summed E-state index contributed by atoms with van der Waals surface area (Å²) in [6.07, 6.45) is -1.97. The fourth-order valence-corrected chi connectivity index (χ4v) is 1.46. The molecule has 0 bridgehead atoms. The van der Waals surface area contributed by atoms with Crippen LogP contribution in [0.3, 0.4) is 0 Å². The number of halogens is 3. The van der Waals surface area contributed by atoms with Crippen molar-refractivity contribution in [2.75, 3.05) is 26.1 Å². The second kappa shape index (κ2) is 8.66. The van der Waals surface area contributed by atoms with Gasteiger partial charge >= 0.3 is 11.9 Å². The molecule has 1 aromatic carbocycles. The Labute approximate surface area is 129 Å². The minimum atomic E-state index is -2.74. The van der Waals surface area contributed by atoms with Crippen LogP contribution in [0.25, 0.3) is 0 Å². The van der Waals surface area contributed by atoms with Crippen LogP contribution in [-0.2, 0) is 19.1 Å². The lowest BCUT2D eigenvalue weighted by Gasteiger charge is -2.14. The zero-order valence-electron chi connectivity index (χ0n) is 12.3. The number of hydrogen-bond donors (Lipinski definition) is 1. The van der Waals surface area contributed by atoms with Gasteiger partial charge in [-0.05, 0) is 12.1 Å². The molecule has 0 fully saturated rings. The van der Waals surface area contributed by atoms with Crippen molar-refractivity contribution in [3.05, 3.63) is 35.8 Å². The first kappa shape index (κ1) is 18.3. The second-order valence-corrected chi connectivity index (χ2v) is 4.04. The van der Waals surface area contributed by atoms with Crippen molar-refractivity contribution in [3.63, 3.8) is 0 Å². The molecule has 6 nitrogen and oxygen atoms in total. The van der Waals surface area contributed by atoms with E-state index in [4.69, 9.17) is 4.74 Å². The predicted molar refractivity (Wildman–Crippen MR) is 73.6 cm³/mol. The van der Waals surface area contributed by atoms with Crippen LogP contribution in [0.4, 0.5) is 18.9 Å². The molecule has 1 aromatic rings. The molecule has 126 valence electrons. The Morgan fingerprint density at radius 2 is 1.96 bits per heavy atom. The van der Waals surface area contributed by atoms with Crippen LogP contribution >= 0.6 is 0 Å². The number of hydrogen-bond acceptors (Lipinski definition) is 6. The summed E-state index contributed by atoms with van der Waals surface area (Å²) in [5.41, 5.74) is -0.516. The Morgan fingerprint density at radius 1 is 1.26 bits per heavy atom. The van der Waals surface area contributed by atoms with Crippen molar-refractivity contribution in [3.8, 4) is 5.75 Å². The fraction of sp³-hybridized carbons (Fsp3) is 0.286. The molecule has 1 rings (SSSR count). The van der Waals surface area contributed by atoms with Crippen LogP contribution in [0.5, 0.6) is 5.75 Å². The van der Waals surface area contributed by atoms with Crippen LogP contribution in [0, 0.1) is 5.82 Å². The van der Waals surface area contributed by atoms with Gasteiger partial charge in [-0.2, -0.15) is 0 Å².